The molecule has 28 heavy (non-hydrogen) atoms. The number of H-pyrrole nitrogens is 1. The Morgan fingerprint density at radius 2 is 1.89 bits per heavy atom. The maximum atomic E-state index is 13.2. The average Bonchev–Trinajstić information content (AvgIpc) is 3.07. The third kappa shape index (κ3) is 4.64. The summed E-state index contributed by atoms with van der Waals surface area (Å²) in [5.74, 6) is -1.42. The van der Waals surface area contributed by atoms with Gasteiger partial charge in [-0.2, -0.15) is 0 Å². The van der Waals surface area contributed by atoms with Crippen LogP contribution in [-0.2, 0) is 13.0 Å². The molecule has 0 aliphatic carbocycles. The molecular formula is C20H18F2N2O3S. The van der Waals surface area contributed by atoms with E-state index in [0.29, 0.717) is 17.0 Å². The first-order valence-electron chi connectivity index (χ1n) is 8.59. The second-order valence-corrected chi connectivity index (χ2v) is 7.20. The van der Waals surface area contributed by atoms with E-state index < -0.39 is 17.7 Å². The Morgan fingerprint density at radius 1 is 1.18 bits per heavy atom. The molecule has 2 N–H and O–H groups in total. The lowest BCUT2D eigenvalue weighted by Gasteiger charge is -2.06. The minimum Gasteiger partial charge on any atom is -0.399 e. The maximum absolute atomic E-state index is 13.2. The summed E-state index contributed by atoms with van der Waals surface area (Å²) in [6, 6.07) is 8.32. The number of carbonyl (C=O) groups excluding carboxylic acids is 1. The van der Waals surface area contributed by atoms with Crippen molar-refractivity contribution in [3.05, 3.63) is 75.2 Å². The van der Waals surface area contributed by atoms with E-state index in [1.807, 2.05) is 13.0 Å². The van der Waals surface area contributed by atoms with Crippen LogP contribution < -0.4 is 15.6 Å². The van der Waals surface area contributed by atoms with Crippen molar-refractivity contribution in [1.29, 1.82) is 0 Å². The van der Waals surface area contributed by atoms with Crippen molar-refractivity contribution >= 4 is 17.4 Å². The lowest BCUT2D eigenvalue weighted by Crippen LogP contribution is -2.26. The molecule has 5 nitrogen and oxygen atoms in total. The van der Waals surface area contributed by atoms with E-state index >= 15 is 0 Å². The van der Waals surface area contributed by atoms with Gasteiger partial charge in [-0.05, 0) is 49.2 Å². The lowest BCUT2D eigenvalue weighted by atomic mass is 10.1. The molecule has 0 fully saturated rings. The number of aromatic amines is 1. The molecule has 0 spiro atoms. The fourth-order valence-electron chi connectivity index (χ4n) is 2.72. The van der Waals surface area contributed by atoms with Gasteiger partial charge in [0.2, 0.25) is 0 Å². The first kappa shape index (κ1) is 19.8. The van der Waals surface area contributed by atoms with E-state index in [-0.39, 0.29) is 17.7 Å². The van der Waals surface area contributed by atoms with Crippen LogP contribution in [0, 0.1) is 18.6 Å². The number of amides is 1. The van der Waals surface area contributed by atoms with Gasteiger partial charge in [0.1, 0.15) is 11.6 Å². The average molecular weight is 404 g/mol. The second kappa shape index (κ2) is 8.35. The van der Waals surface area contributed by atoms with Crippen molar-refractivity contribution in [2.24, 2.45) is 0 Å². The van der Waals surface area contributed by atoms with Crippen LogP contribution in [0.25, 0.3) is 10.4 Å². The van der Waals surface area contributed by atoms with E-state index in [9.17, 15) is 18.4 Å². The number of hydrogen-bond donors (Lipinski definition) is 2. The lowest BCUT2D eigenvalue weighted by molar-refractivity contribution is 0.201. The van der Waals surface area contributed by atoms with Gasteiger partial charge in [0.05, 0.1) is 0 Å². The number of pyridine rings is 1. The third-order valence-electron chi connectivity index (χ3n) is 4.10. The highest BCUT2D eigenvalue weighted by Gasteiger charge is 2.12. The number of rotatable bonds is 5. The number of nitrogens with one attached hydrogen (secondary N) is 2. The predicted molar refractivity (Wildman–Crippen MR) is 104 cm³/mol. The molecule has 0 unspecified atom stereocenters. The number of halogens is 2. The molecule has 2 heterocycles. The molecule has 0 atom stereocenters. The van der Waals surface area contributed by atoms with Crippen LogP contribution in [0.1, 0.15) is 23.7 Å². The molecule has 0 radical (unpaired) electrons. The highest BCUT2D eigenvalue weighted by atomic mass is 32.1. The maximum Gasteiger partial charge on any atom is 0.413 e. The summed E-state index contributed by atoms with van der Waals surface area (Å²) in [7, 11) is 0. The zero-order chi connectivity index (χ0) is 20.3. The molecule has 146 valence electrons. The molecule has 0 saturated carbocycles. The fourth-order valence-corrected chi connectivity index (χ4v) is 3.65. The Balaban J connectivity index is 1.67. The zero-order valence-corrected chi connectivity index (χ0v) is 16.1. The van der Waals surface area contributed by atoms with Gasteiger partial charge in [-0.1, -0.05) is 18.3 Å². The molecule has 8 heteroatoms. The van der Waals surface area contributed by atoms with E-state index in [2.05, 4.69) is 10.3 Å². The van der Waals surface area contributed by atoms with E-state index in [1.54, 1.807) is 19.1 Å². The number of benzene rings is 1. The topological polar surface area (TPSA) is 71.2 Å². The minimum absolute atomic E-state index is 0.0648. The molecule has 3 rings (SSSR count). The first-order valence-corrected chi connectivity index (χ1v) is 9.41. The van der Waals surface area contributed by atoms with Crippen LogP contribution in [0.2, 0.25) is 0 Å². The van der Waals surface area contributed by atoms with Crippen LogP contribution in [-0.4, -0.2) is 11.1 Å². The van der Waals surface area contributed by atoms with Crippen LogP contribution in [0.15, 0.2) is 41.2 Å². The molecule has 0 aliphatic heterocycles. The van der Waals surface area contributed by atoms with Gasteiger partial charge in [0, 0.05) is 34.3 Å². The number of carbonyl (C=O) groups is 1. The summed E-state index contributed by atoms with van der Waals surface area (Å²) in [6.45, 7) is 3.65. The van der Waals surface area contributed by atoms with Gasteiger partial charge in [-0.3, -0.25) is 4.79 Å². The van der Waals surface area contributed by atoms with E-state index in [0.717, 1.165) is 34.3 Å². The quantitative estimate of drug-likeness (QED) is 0.656. The molecule has 0 saturated heterocycles. The number of ether oxygens (including phenoxy) is 1. The third-order valence-corrected chi connectivity index (χ3v) is 5.09. The van der Waals surface area contributed by atoms with Gasteiger partial charge in [-0.25, -0.2) is 13.6 Å². The number of hydrogen-bond acceptors (Lipinski definition) is 4. The second-order valence-electron chi connectivity index (χ2n) is 6.16. The van der Waals surface area contributed by atoms with Gasteiger partial charge in [-0.15, -0.1) is 0 Å². The van der Waals surface area contributed by atoms with Gasteiger partial charge in [0.15, 0.2) is 5.06 Å². The standard InChI is InChI=1S/C20H18F2N2O3S/c1-3-13-8-16(11(2)24-19(13)25)17-4-5-18(28-17)27-20(26)23-10-12-6-14(21)9-15(22)7-12/h4-9H,3,10H2,1-2H3,(H,23,26)(H,24,25). The van der Waals surface area contributed by atoms with Crippen LogP contribution in [0.5, 0.6) is 5.06 Å². The van der Waals surface area contributed by atoms with Crippen molar-refractivity contribution in [2.45, 2.75) is 26.8 Å². The summed E-state index contributed by atoms with van der Waals surface area (Å²) in [5, 5.41) is 2.82. The van der Waals surface area contributed by atoms with Crippen LogP contribution in [0.4, 0.5) is 13.6 Å². The summed E-state index contributed by atoms with van der Waals surface area (Å²) in [6.07, 6.45) is -0.119. The molecule has 1 amide bonds. The molecular weight excluding hydrogens is 386 g/mol. The number of thiophene rings is 1. The van der Waals surface area contributed by atoms with Crippen molar-refractivity contribution in [3.63, 3.8) is 0 Å². The normalized spacial score (nSPS) is 10.7. The molecule has 0 aliphatic rings. The first-order chi connectivity index (χ1) is 13.4. The monoisotopic (exact) mass is 404 g/mol. The summed E-state index contributed by atoms with van der Waals surface area (Å²) < 4.78 is 31.6. The Kier molecular flexibility index (Phi) is 5.89. The highest BCUT2D eigenvalue weighted by molar-refractivity contribution is 7.17. The molecule has 0 bridgehead atoms. The Labute approximate surface area is 164 Å². The zero-order valence-electron chi connectivity index (χ0n) is 15.3. The molecule has 2 aromatic heterocycles. The Bertz CT molecular complexity index is 1060. The summed E-state index contributed by atoms with van der Waals surface area (Å²) in [4.78, 5) is 27.5. The summed E-state index contributed by atoms with van der Waals surface area (Å²) in [5.41, 5.74) is 2.46. The van der Waals surface area contributed by atoms with E-state index in [4.69, 9.17) is 4.74 Å². The number of aryl methyl sites for hydroxylation is 2. The SMILES string of the molecule is CCc1cc(-c2ccc(OC(=O)NCc3cc(F)cc(F)c3)s2)c(C)[nH]c1=O. The van der Waals surface area contributed by atoms with Crippen LogP contribution >= 0.6 is 11.3 Å². The van der Waals surface area contributed by atoms with Crippen molar-refractivity contribution in [3.8, 4) is 15.5 Å². The smallest absolute Gasteiger partial charge is 0.399 e. The van der Waals surface area contributed by atoms with Crippen molar-refractivity contribution < 1.29 is 18.3 Å². The van der Waals surface area contributed by atoms with Crippen LogP contribution in [0.3, 0.4) is 0 Å². The fraction of sp³-hybridized carbons (Fsp3) is 0.200. The largest absolute Gasteiger partial charge is 0.413 e. The summed E-state index contributed by atoms with van der Waals surface area (Å²) >= 11 is 1.25. The Morgan fingerprint density at radius 3 is 2.57 bits per heavy atom. The highest BCUT2D eigenvalue weighted by Crippen LogP contribution is 2.34. The van der Waals surface area contributed by atoms with Gasteiger partial charge in [0.25, 0.3) is 5.56 Å². The Hall–Kier alpha value is -3.00. The van der Waals surface area contributed by atoms with Gasteiger partial charge < -0.3 is 15.0 Å². The molecule has 3 aromatic rings. The van der Waals surface area contributed by atoms with E-state index in [1.165, 1.54) is 11.3 Å². The molecule has 1 aromatic carbocycles. The van der Waals surface area contributed by atoms with Crippen molar-refractivity contribution in [2.75, 3.05) is 0 Å². The number of aromatic nitrogens is 1. The van der Waals surface area contributed by atoms with Gasteiger partial charge >= 0.3 is 6.09 Å². The minimum atomic E-state index is -0.731. The predicted octanol–water partition coefficient (Wildman–Crippen LogP) is 4.54. The van der Waals surface area contributed by atoms with Crippen molar-refractivity contribution in [1.82, 2.24) is 10.3 Å².